The Bertz CT molecular complexity index is 197. The summed E-state index contributed by atoms with van der Waals surface area (Å²) in [5, 5.41) is 0. The van der Waals surface area contributed by atoms with Gasteiger partial charge < -0.3 is 0 Å². The number of halogens is 1. The first-order valence-electron chi connectivity index (χ1n) is 4.39. The molecule has 0 spiro atoms. The summed E-state index contributed by atoms with van der Waals surface area (Å²) in [6, 6.07) is 0. The lowest BCUT2D eigenvalue weighted by Gasteiger charge is -2.33. The molecule has 0 N–H and O–H groups in total. The van der Waals surface area contributed by atoms with E-state index in [4.69, 9.17) is 0 Å². The Hall–Kier alpha value is -0.690. The van der Waals surface area contributed by atoms with Gasteiger partial charge in [-0.15, -0.1) is 0 Å². The minimum atomic E-state index is -1.13. The number of hydrogen-bond donors (Lipinski definition) is 0. The molecule has 2 atom stereocenters. The highest BCUT2D eigenvalue weighted by Crippen LogP contribution is 2.36. The third kappa shape index (κ3) is 2.15. The molecule has 0 amide bonds. The highest BCUT2D eigenvalue weighted by Gasteiger charge is 2.36. The van der Waals surface area contributed by atoms with Crippen LogP contribution in [-0.4, -0.2) is 18.3 Å². The molecule has 0 saturated heterocycles. The number of alkyl halides is 1. The van der Waals surface area contributed by atoms with E-state index in [9.17, 15) is 9.18 Å². The lowest BCUT2D eigenvalue weighted by Crippen LogP contribution is -2.34. The van der Waals surface area contributed by atoms with Gasteiger partial charge in [0.05, 0.1) is 6.54 Å². The van der Waals surface area contributed by atoms with Crippen LogP contribution >= 0.6 is 0 Å². The normalized spacial score (nSPS) is 35.7. The van der Waals surface area contributed by atoms with Crippen LogP contribution in [0.25, 0.3) is 0 Å². The number of carbonyl (C=O) groups excluding carboxylic acids is 1. The highest BCUT2D eigenvalue weighted by atomic mass is 19.1. The molecule has 1 fully saturated rings. The van der Waals surface area contributed by atoms with Crippen molar-refractivity contribution >= 4 is 6.08 Å². The smallest absolute Gasteiger partial charge is 0.234 e. The van der Waals surface area contributed by atoms with Crippen molar-refractivity contribution in [2.45, 2.75) is 38.3 Å². The number of isocyanates is 1. The van der Waals surface area contributed by atoms with Gasteiger partial charge in [0.1, 0.15) is 5.67 Å². The quantitative estimate of drug-likeness (QED) is 0.462. The van der Waals surface area contributed by atoms with Crippen LogP contribution < -0.4 is 0 Å². The molecule has 1 aliphatic carbocycles. The van der Waals surface area contributed by atoms with Crippen LogP contribution in [0.2, 0.25) is 0 Å². The summed E-state index contributed by atoms with van der Waals surface area (Å²) in [5.41, 5.74) is -1.13. The van der Waals surface area contributed by atoms with Crippen molar-refractivity contribution in [2.24, 2.45) is 10.9 Å². The van der Waals surface area contributed by atoms with Crippen LogP contribution in [0.3, 0.4) is 0 Å². The van der Waals surface area contributed by atoms with Gasteiger partial charge >= 0.3 is 0 Å². The van der Waals surface area contributed by atoms with Crippen LogP contribution in [0.15, 0.2) is 4.99 Å². The van der Waals surface area contributed by atoms with Gasteiger partial charge in [0.15, 0.2) is 0 Å². The minimum absolute atomic E-state index is 0.0762. The van der Waals surface area contributed by atoms with Crippen molar-refractivity contribution in [1.82, 2.24) is 0 Å². The SMILES string of the molecule is CC1(F)CCCCC1CN=C=O. The Morgan fingerprint density at radius 1 is 1.67 bits per heavy atom. The highest BCUT2D eigenvalue weighted by molar-refractivity contribution is 5.32. The van der Waals surface area contributed by atoms with E-state index in [0.717, 1.165) is 19.3 Å². The van der Waals surface area contributed by atoms with Gasteiger partial charge in [0.25, 0.3) is 0 Å². The monoisotopic (exact) mass is 171 g/mol. The van der Waals surface area contributed by atoms with E-state index in [1.807, 2.05) is 0 Å². The first-order chi connectivity index (χ1) is 5.67. The van der Waals surface area contributed by atoms with Crippen LogP contribution in [0.4, 0.5) is 4.39 Å². The molecule has 1 aliphatic rings. The topological polar surface area (TPSA) is 29.4 Å². The van der Waals surface area contributed by atoms with Crippen molar-refractivity contribution in [2.75, 3.05) is 6.54 Å². The average Bonchev–Trinajstić information content (AvgIpc) is 2.02. The van der Waals surface area contributed by atoms with Gasteiger partial charge in [-0.2, -0.15) is 0 Å². The molecule has 68 valence electrons. The molecule has 0 aromatic carbocycles. The fourth-order valence-corrected chi connectivity index (χ4v) is 1.80. The fraction of sp³-hybridized carbons (Fsp3) is 0.889. The van der Waals surface area contributed by atoms with Crippen LogP contribution in [0, 0.1) is 5.92 Å². The zero-order chi connectivity index (χ0) is 9.03. The number of hydrogen-bond acceptors (Lipinski definition) is 2. The molecule has 0 aromatic rings. The van der Waals surface area contributed by atoms with E-state index in [1.165, 1.54) is 6.08 Å². The third-order valence-electron chi connectivity index (χ3n) is 2.70. The van der Waals surface area contributed by atoms with E-state index < -0.39 is 5.67 Å². The largest absolute Gasteiger partial charge is 0.244 e. The second-order valence-corrected chi connectivity index (χ2v) is 3.65. The first kappa shape index (κ1) is 9.40. The Morgan fingerprint density at radius 3 is 3.00 bits per heavy atom. The molecule has 0 aliphatic heterocycles. The van der Waals surface area contributed by atoms with E-state index >= 15 is 0 Å². The zero-order valence-corrected chi connectivity index (χ0v) is 7.35. The summed E-state index contributed by atoms with van der Waals surface area (Å²) in [6.07, 6.45) is 4.92. The zero-order valence-electron chi connectivity index (χ0n) is 7.35. The molecule has 12 heavy (non-hydrogen) atoms. The second-order valence-electron chi connectivity index (χ2n) is 3.65. The molecule has 1 saturated carbocycles. The Morgan fingerprint density at radius 2 is 2.42 bits per heavy atom. The van der Waals surface area contributed by atoms with Gasteiger partial charge in [0.2, 0.25) is 6.08 Å². The molecule has 3 heteroatoms. The molecule has 1 rings (SSSR count). The molecule has 0 heterocycles. The third-order valence-corrected chi connectivity index (χ3v) is 2.70. The molecule has 0 radical (unpaired) electrons. The summed E-state index contributed by atoms with van der Waals surface area (Å²) >= 11 is 0. The van der Waals surface area contributed by atoms with Gasteiger partial charge in [-0.05, 0) is 19.8 Å². The summed E-state index contributed by atoms with van der Waals surface area (Å²) in [6.45, 7) is 1.91. The van der Waals surface area contributed by atoms with Crippen molar-refractivity contribution in [3.05, 3.63) is 0 Å². The van der Waals surface area contributed by atoms with Gasteiger partial charge in [-0.25, -0.2) is 14.2 Å². The minimum Gasteiger partial charge on any atom is -0.244 e. The standard InChI is InChI=1S/C9H14FNO/c1-9(10)5-3-2-4-8(9)6-11-7-12/h8H,2-6H2,1H3. The summed E-state index contributed by atoms with van der Waals surface area (Å²) in [5.74, 6) is -0.0762. The fourth-order valence-electron chi connectivity index (χ4n) is 1.80. The number of nitrogens with zero attached hydrogens (tertiary/aromatic N) is 1. The second kappa shape index (κ2) is 3.81. The van der Waals surface area contributed by atoms with Crippen molar-refractivity contribution in [3.63, 3.8) is 0 Å². The van der Waals surface area contributed by atoms with Crippen LogP contribution in [0.1, 0.15) is 32.6 Å². The maximum absolute atomic E-state index is 13.7. The summed E-state index contributed by atoms with van der Waals surface area (Å²) < 4.78 is 13.7. The van der Waals surface area contributed by atoms with Gasteiger partial charge in [0, 0.05) is 5.92 Å². The van der Waals surface area contributed by atoms with E-state index in [2.05, 4.69) is 4.99 Å². The number of rotatable bonds is 2. The predicted octanol–water partition coefficient (Wildman–Crippen LogP) is 2.24. The molecular weight excluding hydrogens is 157 g/mol. The number of aliphatic imine (C=N–C) groups is 1. The molecule has 2 nitrogen and oxygen atoms in total. The average molecular weight is 171 g/mol. The molecular formula is C9H14FNO. The summed E-state index contributed by atoms with van der Waals surface area (Å²) in [7, 11) is 0. The van der Waals surface area contributed by atoms with Gasteiger partial charge in [-0.1, -0.05) is 12.8 Å². The van der Waals surface area contributed by atoms with E-state index in [1.54, 1.807) is 6.92 Å². The lowest BCUT2D eigenvalue weighted by molar-refractivity contribution is 0.0622. The summed E-state index contributed by atoms with van der Waals surface area (Å²) in [4.78, 5) is 13.3. The van der Waals surface area contributed by atoms with Crippen molar-refractivity contribution < 1.29 is 9.18 Å². The van der Waals surface area contributed by atoms with Crippen LogP contribution in [-0.2, 0) is 4.79 Å². The molecule has 0 bridgehead atoms. The Kier molecular flexibility index (Phi) is 2.99. The van der Waals surface area contributed by atoms with Crippen LogP contribution in [0.5, 0.6) is 0 Å². The Balaban J connectivity index is 2.53. The Labute approximate surface area is 71.9 Å². The van der Waals surface area contributed by atoms with E-state index in [-0.39, 0.29) is 5.92 Å². The van der Waals surface area contributed by atoms with Gasteiger partial charge in [-0.3, -0.25) is 0 Å². The van der Waals surface area contributed by atoms with Crippen molar-refractivity contribution in [1.29, 1.82) is 0 Å². The van der Waals surface area contributed by atoms with E-state index in [0.29, 0.717) is 13.0 Å². The lowest BCUT2D eigenvalue weighted by atomic mass is 9.78. The molecule has 2 unspecified atom stereocenters. The molecule has 0 aromatic heterocycles. The maximum atomic E-state index is 13.7. The predicted molar refractivity (Wildman–Crippen MR) is 44.5 cm³/mol. The first-order valence-corrected chi connectivity index (χ1v) is 4.39. The maximum Gasteiger partial charge on any atom is 0.234 e. The van der Waals surface area contributed by atoms with Crippen molar-refractivity contribution in [3.8, 4) is 0 Å².